The topological polar surface area (TPSA) is 50.7 Å². The van der Waals surface area contributed by atoms with E-state index in [0.717, 1.165) is 24.5 Å². The number of nitrogens with zero attached hydrogens (tertiary/aromatic N) is 3. The van der Waals surface area contributed by atoms with E-state index in [0.29, 0.717) is 0 Å². The van der Waals surface area contributed by atoms with Crippen molar-refractivity contribution < 1.29 is 0 Å². The molecular formula is C11H11ClN4. The van der Waals surface area contributed by atoms with Gasteiger partial charge in [-0.15, -0.1) is 0 Å². The second kappa shape index (κ2) is 5.42. The molecule has 0 aliphatic heterocycles. The summed E-state index contributed by atoms with van der Waals surface area (Å²) in [5, 5.41) is 3.41. The Labute approximate surface area is 98.7 Å². The molecule has 0 radical (unpaired) electrons. The van der Waals surface area contributed by atoms with Crippen molar-refractivity contribution in [3.05, 3.63) is 47.6 Å². The van der Waals surface area contributed by atoms with Crippen molar-refractivity contribution in [2.45, 2.75) is 6.42 Å². The maximum absolute atomic E-state index is 5.67. The van der Waals surface area contributed by atoms with Crippen LogP contribution in [0.5, 0.6) is 0 Å². The average Bonchev–Trinajstić information content (AvgIpc) is 2.30. The van der Waals surface area contributed by atoms with Crippen molar-refractivity contribution in [2.24, 2.45) is 0 Å². The summed E-state index contributed by atoms with van der Waals surface area (Å²) in [5.74, 6) is 0.732. The van der Waals surface area contributed by atoms with Crippen LogP contribution in [0.2, 0.25) is 5.28 Å². The van der Waals surface area contributed by atoms with Gasteiger partial charge in [-0.25, -0.2) is 9.97 Å². The Hall–Kier alpha value is -1.68. The second-order valence-electron chi connectivity index (χ2n) is 3.21. The van der Waals surface area contributed by atoms with Gasteiger partial charge in [0.1, 0.15) is 5.82 Å². The molecular weight excluding hydrogens is 224 g/mol. The minimum atomic E-state index is 0.253. The molecule has 2 aromatic heterocycles. The zero-order valence-electron chi connectivity index (χ0n) is 8.60. The van der Waals surface area contributed by atoms with Gasteiger partial charge in [-0.3, -0.25) is 4.98 Å². The third-order valence-electron chi connectivity index (χ3n) is 2.04. The molecule has 1 N–H and O–H groups in total. The lowest BCUT2D eigenvalue weighted by Crippen LogP contribution is -2.07. The van der Waals surface area contributed by atoms with Gasteiger partial charge < -0.3 is 5.32 Å². The minimum absolute atomic E-state index is 0.253. The number of aromatic nitrogens is 3. The summed E-state index contributed by atoms with van der Waals surface area (Å²) in [6.07, 6.45) is 4.26. The van der Waals surface area contributed by atoms with Gasteiger partial charge in [0.2, 0.25) is 5.28 Å². The number of hydrogen-bond acceptors (Lipinski definition) is 4. The van der Waals surface area contributed by atoms with E-state index in [4.69, 9.17) is 11.6 Å². The highest BCUT2D eigenvalue weighted by Gasteiger charge is 1.96. The molecule has 0 spiro atoms. The predicted molar refractivity (Wildman–Crippen MR) is 63.5 cm³/mol. The predicted octanol–water partition coefficient (Wildman–Crippen LogP) is 2.18. The lowest BCUT2D eigenvalue weighted by molar-refractivity contribution is 0.951. The molecule has 0 saturated carbocycles. The normalized spacial score (nSPS) is 10.1. The summed E-state index contributed by atoms with van der Waals surface area (Å²) in [7, 11) is 0. The monoisotopic (exact) mass is 234 g/mol. The van der Waals surface area contributed by atoms with Gasteiger partial charge in [-0.05, 0) is 29.8 Å². The third kappa shape index (κ3) is 3.17. The Bertz CT molecular complexity index is 447. The molecule has 0 aliphatic carbocycles. The minimum Gasteiger partial charge on any atom is -0.370 e. The fraction of sp³-hybridized carbons (Fsp3) is 0.182. The lowest BCUT2D eigenvalue weighted by Gasteiger charge is -2.04. The number of nitrogens with one attached hydrogen (secondary N) is 1. The molecule has 0 atom stereocenters. The zero-order chi connectivity index (χ0) is 11.2. The number of pyridine rings is 1. The Morgan fingerprint density at radius 3 is 2.81 bits per heavy atom. The maximum atomic E-state index is 5.67. The largest absolute Gasteiger partial charge is 0.370 e. The summed E-state index contributed by atoms with van der Waals surface area (Å²) in [6.45, 7) is 0.768. The fourth-order valence-electron chi connectivity index (χ4n) is 1.30. The highest BCUT2D eigenvalue weighted by atomic mass is 35.5. The molecule has 2 heterocycles. The average molecular weight is 235 g/mol. The van der Waals surface area contributed by atoms with Crippen molar-refractivity contribution in [3.8, 4) is 0 Å². The van der Waals surface area contributed by atoms with Crippen LogP contribution in [0.15, 0.2) is 36.7 Å². The van der Waals surface area contributed by atoms with Crippen molar-refractivity contribution in [1.82, 2.24) is 15.0 Å². The Morgan fingerprint density at radius 2 is 2.06 bits per heavy atom. The molecule has 4 nitrogen and oxygen atoms in total. The van der Waals surface area contributed by atoms with E-state index >= 15 is 0 Å². The summed E-state index contributed by atoms with van der Waals surface area (Å²) in [6, 6.07) is 7.66. The lowest BCUT2D eigenvalue weighted by atomic mass is 10.3. The first-order valence-electron chi connectivity index (χ1n) is 4.97. The van der Waals surface area contributed by atoms with E-state index in [1.807, 2.05) is 18.2 Å². The molecule has 2 rings (SSSR count). The zero-order valence-corrected chi connectivity index (χ0v) is 9.35. The molecule has 0 unspecified atom stereocenters. The molecule has 2 aromatic rings. The highest BCUT2D eigenvalue weighted by molar-refractivity contribution is 6.28. The molecule has 82 valence electrons. The molecule has 0 aliphatic rings. The Balaban J connectivity index is 1.85. The molecule has 0 bridgehead atoms. The molecule has 0 saturated heterocycles. The van der Waals surface area contributed by atoms with Crippen LogP contribution in [-0.2, 0) is 6.42 Å². The molecule has 5 heteroatoms. The second-order valence-corrected chi connectivity index (χ2v) is 3.55. The smallest absolute Gasteiger partial charge is 0.224 e. The van der Waals surface area contributed by atoms with E-state index in [1.54, 1.807) is 18.5 Å². The third-order valence-corrected chi connectivity index (χ3v) is 2.22. The van der Waals surface area contributed by atoms with E-state index in [2.05, 4.69) is 20.3 Å². The van der Waals surface area contributed by atoms with Crippen LogP contribution in [-0.4, -0.2) is 21.5 Å². The summed E-state index contributed by atoms with van der Waals surface area (Å²) in [5.41, 5.74) is 1.05. The fourth-order valence-corrected chi connectivity index (χ4v) is 1.45. The maximum Gasteiger partial charge on any atom is 0.224 e. The van der Waals surface area contributed by atoms with Gasteiger partial charge in [0.05, 0.1) is 0 Å². The molecule has 0 amide bonds. The van der Waals surface area contributed by atoms with Crippen LogP contribution in [0, 0.1) is 0 Å². The van der Waals surface area contributed by atoms with Crippen LogP contribution in [0.4, 0.5) is 5.82 Å². The van der Waals surface area contributed by atoms with Gasteiger partial charge in [-0.1, -0.05) is 6.07 Å². The van der Waals surface area contributed by atoms with E-state index in [9.17, 15) is 0 Å². The van der Waals surface area contributed by atoms with Crippen molar-refractivity contribution in [3.63, 3.8) is 0 Å². The first-order valence-corrected chi connectivity index (χ1v) is 5.35. The summed E-state index contributed by atoms with van der Waals surface area (Å²) < 4.78 is 0. The molecule has 16 heavy (non-hydrogen) atoms. The van der Waals surface area contributed by atoms with Crippen LogP contribution in [0.3, 0.4) is 0 Å². The van der Waals surface area contributed by atoms with Gasteiger partial charge in [0.15, 0.2) is 0 Å². The number of rotatable bonds is 4. The van der Waals surface area contributed by atoms with Gasteiger partial charge in [0, 0.05) is 31.1 Å². The molecule has 0 fully saturated rings. The van der Waals surface area contributed by atoms with Crippen molar-refractivity contribution in [2.75, 3.05) is 11.9 Å². The Morgan fingerprint density at radius 1 is 1.12 bits per heavy atom. The quantitative estimate of drug-likeness (QED) is 0.824. The van der Waals surface area contributed by atoms with E-state index < -0.39 is 0 Å². The first-order chi connectivity index (χ1) is 7.84. The van der Waals surface area contributed by atoms with Crippen molar-refractivity contribution >= 4 is 17.4 Å². The van der Waals surface area contributed by atoms with E-state index in [1.165, 1.54) is 0 Å². The van der Waals surface area contributed by atoms with Crippen LogP contribution < -0.4 is 5.32 Å². The van der Waals surface area contributed by atoms with Gasteiger partial charge in [0.25, 0.3) is 0 Å². The Kier molecular flexibility index (Phi) is 3.66. The highest BCUT2D eigenvalue weighted by Crippen LogP contribution is 2.05. The van der Waals surface area contributed by atoms with Crippen LogP contribution in [0.1, 0.15) is 5.69 Å². The van der Waals surface area contributed by atoms with Crippen LogP contribution >= 0.6 is 11.6 Å². The van der Waals surface area contributed by atoms with Crippen molar-refractivity contribution in [1.29, 1.82) is 0 Å². The van der Waals surface area contributed by atoms with E-state index in [-0.39, 0.29) is 5.28 Å². The first kappa shape index (κ1) is 10.8. The summed E-state index contributed by atoms with van der Waals surface area (Å²) >= 11 is 5.67. The SMILES string of the molecule is Clc1nccc(NCCc2ccccn2)n1. The standard InChI is InChI=1S/C11H11ClN4/c12-11-15-8-5-10(16-11)14-7-4-9-3-1-2-6-13-9/h1-3,5-6,8H,4,7H2,(H,14,15,16). The number of halogens is 1. The number of hydrogen-bond donors (Lipinski definition) is 1. The van der Waals surface area contributed by atoms with Crippen LogP contribution in [0.25, 0.3) is 0 Å². The number of anilines is 1. The van der Waals surface area contributed by atoms with Gasteiger partial charge >= 0.3 is 0 Å². The van der Waals surface area contributed by atoms with Gasteiger partial charge in [-0.2, -0.15) is 0 Å². The molecule has 0 aromatic carbocycles. The summed E-state index contributed by atoms with van der Waals surface area (Å²) in [4.78, 5) is 12.1.